The van der Waals surface area contributed by atoms with Gasteiger partial charge in [-0.15, -0.1) is 0 Å². The Kier molecular flexibility index (Phi) is 6.94. The number of hydrazone groups is 1. The molecule has 1 fully saturated rings. The summed E-state index contributed by atoms with van der Waals surface area (Å²) in [7, 11) is 0. The van der Waals surface area contributed by atoms with Gasteiger partial charge in [-0.1, -0.05) is 60.7 Å². The minimum atomic E-state index is -0.126. The van der Waals surface area contributed by atoms with E-state index < -0.39 is 0 Å². The molecule has 2 aromatic rings. The number of piperidine rings is 1. The van der Waals surface area contributed by atoms with Crippen LogP contribution in [0.1, 0.15) is 36.8 Å². The summed E-state index contributed by atoms with van der Waals surface area (Å²) >= 11 is 0. The zero-order valence-electron chi connectivity index (χ0n) is 18.1. The van der Waals surface area contributed by atoms with Crippen molar-refractivity contribution in [1.82, 2.24) is 15.2 Å². The summed E-state index contributed by atoms with van der Waals surface area (Å²) in [5, 5.41) is 8.78. The fourth-order valence-electron chi connectivity index (χ4n) is 4.09. The van der Waals surface area contributed by atoms with Crippen molar-refractivity contribution in [3.05, 3.63) is 71.8 Å². The number of nitrogens with one attached hydrogen (secondary N) is 1. The van der Waals surface area contributed by atoms with E-state index in [4.69, 9.17) is 0 Å². The third-order valence-electron chi connectivity index (χ3n) is 5.99. The second-order valence-electron chi connectivity index (χ2n) is 8.25. The first-order chi connectivity index (χ1) is 15.6. The lowest BCUT2D eigenvalue weighted by Crippen LogP contribution is -2.46. The zero-order chi connectivity index (χ0) is 22.3. The first-order valence-corrected chi connectivity index (χ1v) is 11.1. The third kappa shape index (κ3) is 5.41. The van der Waals surface area contributed by atoms with Crippen LogP contribution < -0.4 is 5.32 Å². The standard InChI is InChI=1S/C25H28N4O3/c30-23-12-11-22(27-29(23)18-20-9-5-2-6-10-20)25(32)28-15-13-21(14-16-28)24(31)26-17-19-7-3-1-4-8-19/h1-10,21H,11-18H2,(H,26,31). The fourth-order valence-corrected chi connectivity index (χ4v) is 4.09. The highest BCUT2D eigenvalue weighted by atomic mass is 16.2. The van der Waals surface area contributed by atoms with Gasteiger partial charge in [0.05, 0.1) is 6.54 Å². The molecule has 0 unspecified atom stereocenters. The number of rotatable bonds is 6. The number of carbonyl (C=O) groups is 3. The smallest absolute Gasteiger partial charge is 0.270 e. The molecule has 0 atom stereocenters. The molecule has 1 N–H and O–H groups in total. The Morgan fingerprint density at radius 2 is 1.53 bits per heavy atom. The summed E-state index contributed by atoms with van der Waals surface area (Å²) in [6.45, 7) is 1.92. The van der Waals surface area contributed by atoms with Crippen molar-refractivity contribution in [3.8, 4) is 0 Å². The van der Waals surface area contributed by atoms with Gasteiger partial charge in [-0.25, -0.2) is 5.01 Å². The lowest BCUT2D eigenvalue weighted by molar-refractivity contribution is -0.133. The fraction of sp³-hybridized carbons (Fsp3) is 0.360. The molecule has 0 aliphatic carbocycles. The van der Waals surface area contributed by atoms with E-state index in [9.17, 15) is 14.4 Å². The molecule has 1 saturated heterocycles. The molecule has 4 rings (SSSR count). The topological polar surface area (TPSA) is 82.1 Å². The maximum atomic E-state index is 13.0. The predicted octanol–water partition coefficient (Wildman–Crippen LogP) is 2.72. The minimum Gasteiger partial charge on any atom is -0.352 e. The van der Waals surface area contributed by atoms with E-state index >= 15 is 0 Å². The second-order valence-corrected chi connectivity index (χ2v) is 8.25. The van der Waals surface area contributed by atoms with Crippen LogP contribution in [0.2, 0.25) is 0 Å². The third-order valence-corrected chi connectivity index (χ3v) is 5.99. The van der Waals surface area contributed by atoms with Gasteiger partial charge in [-0.2, -0.15) is 5.10 Å². The van der Waals surface area contributed by atoms with E-state index in [0.29, 0.717) is 51.2 Å². The molecule has 2 aliphatic heterocycles. The van der Waals surface area contributed by atoms with Gasteiger partial charge in [-0.3, -0.25) is 14.4 Å². The first kappa shape index (κ1) is 21.7. The zero-order valence-corrected chi connectivity index (χ0v) is 18.1. The van der Waals surface area contributed by atoms with Crippen LogP contribution in [0.5, 0.6) is 0 Å². The molecule has 7 heteroatoms. The Morgan fingerprint density at radius 3 is 2.19 bits per heavy atom. The van der Waals surface area contributed by atoms with Crippen molar-refractivity contribution in [2.45, 2.75) is 38.8 Å². The molecule has 0 bridgehead atoms. The van der Waals surface area contributed by atoms with E-state index in [1.54, 1.807) is 4.90 Å². The number of hydrogen-bond donors (Lipinski definition) is 1. The highest BCUT2D eigenvalue weighted by molar-refractivity contribution is 6.39. The number of amides is 3. The summed E-state index contributed by atoms with van der Waals surface area (Å²) in [6.07, 6.45) is 1.91. The molecule has 2 heterocycles. The monoisotopic (exact) mass is 432 g/mol. The van der Waals surface area contributed by atoms with E-state index in [1.165, 1.54) is 5.01 Å². The predicted molar refractivity (Wildman–Crippen MR) is 121 cm³/mol. The Bertz CT molecular complexity index is 983. The van der Waals surface area contributed by atoms with Crippen LogP contribution in [0, 0.1) is 5.92 Å². The molecule has 0 spiro atoms. The van der Waals surface area contributed by atoms with Gasteiger partial charge in [0.2, 0.25) is 11.8 Å². The summed E-state index contributed by atoms with van der Waals surface area (Å²) < 4.78 is 0. The Hall–Kier alpha value is -3.48. The Morgan fingerprint density at radius 1 is 0.906 bits per heavy atom. The molecule has 2 aliphatic rings. The average Bonchev–Trinajstić information content (AvgIpc) is 2.85. The summed E-state index contributed by atoms with van der Waals surface area (Å²) in [5.74, 6) is -0.249. The van der Waals surface area contributed by atoms with Crippen LogP contribution in [0.3, 0.4) is 0 Å². The molecule has 2 aromatic carbocycles. The SMILES string of the molecule is O=C(NCc1ccccc1)C1CCN(C(=O)C2=NN(Cc3ccccc3)C(=O)CC2)CC1. The second kappa shape index (κ2) is 10.2. The van der Waals surface area contributed by atoms with E-state index in [2.05, 4.69) is 10.4 Å². The van der Waals surface area contributed by atoms with E-state index in [-0.39, 0.29) is 30.1 Å². The van der Waals surface area contributed by atoms with Crippen molar-refractivity contribution in [2.75, 3.05) is 13.1 Å². The van der Waals surface area contributed by atoms with Gasteiger partial charge in [-0.05, 0) is 24.0 Å². The molecule has 7 nitrogen and oxygen atoms in total. The average molecular weight is 433 g/mol. The molecule has 32 heavy (non-hydrogen) atoms. The summed E-state index contributed by atoms with van der Waals surface area (Å²) in [6, 6.07) is 19.5. The van der Waals surface area contributed by atoms with Crippen LogP contribution in [-0.4, -0.2) is 46.4 Å². The summed E-state index contributed by atoms with van der Waals surface area (Å²) in [5.41, 5.74) is 2.46. The van der Waals surface area contributed by atoms with Crippen molar-refractivity contribution >= 4 is 23.4 Å². The highest BCUT2D eigenvalue weighted by Crippen LogP contribution is 2.20. The quantitative estimate of drug-likeness (QED) is 0.762. The van der Waals surface area contributed by atoms with Crippen LogP contribution in [0.4, 0.5) is 0 Å². The van der Waals surface area contributed by atoms with Gasteiger partial charge in [0, 0.05) is 38.4 Å². The first-order valence-electron chi connectivity index (χ1n) is 11.1. The number of nitrogens with zero attached hydrogens (tertiary/aromatic N) is 3. The molecular formula is C25H28N4O3. The maximum absolute atomic E-state index is 13.0. The van der Waals surface area contributed by atoms with Crippen LogP contribution in [0.15, 0.2) is 65.8 Å². The van der Waals surface area contributed by atoms with Crippen molar-refractivity contribution in [1.29, 1.82) is 0 Å². The summed E-state index contributed by atoms with van der Waals surface area (Å²) in [4.78, 5) is 39.6. The van der Waals surface area contributed by atoms with Crippen LogP contribution >= 0.6 is 0 Å². The van der Waals surface area contributed by atoms with Crippen molar-refractivity contribution in [2.24, 2.45) is 11.0 Å². The van der Waals surface area contributed by atoms with E-state index in [1.807, 2.05) is 60.7 Å². The minimum absolute atomic E-state index is 0.0376. The molecular weight excluding hydrogens is 404 g/mol. The Balaban J connectivity index is 1.30. The number of carbonyl (C=O) groups excluding carboxylic acids is 3. The highest BCUT2D eigenvalue weighted by Gasteiger charge is 2.31. The Labute approximate surface area is 188 Å². The van der Waals surface area contributed by atoms with Gasteiger partial charge < -0.3 is 10.2 Å². The molecule has 166 valence electrons. The van der Waals surface area contributed by atoms with Gasteiger partial charge >= 0.3 is 0 Å². The van der Waals surface area contributed by atoms with Gasteiger partial charge in [0.15, 0.2) is 0 Å². The normalized spacial score (nSPS) is 17.1. The molecule has 0 saturated carbocycles. The van der Waals surface area contributed by atoms with Crippen molar-refractivity contribution in [3.63, 3.8) is 0 Å². The van der Waals surface area contributed by atoms with Gasteiger partial charge in [0.25, 0.3) is 5.91 Å². The van der Waals surface area contributed by atoms with Gasteiger partial charge in [0.1, 0.15) is 5.71 Å². The van der Waals surface area contributed by atoms with E-state index in [0.717, 1.165) is 11.1 Å². The lowest BCUT2D eigenvalue weighted by Gasteiger charge is -2.32. The molecule has 3 amide bonds. The largest absolute Gasteiger partial charge is 0.352 e. The van der Waals surface area contributed by atoms with Crippen molar-refractivity contribution < 1.29 is 14.4 Å². The van der Waals surface area contributed by atoms with Crippen LogP contribution in [-0.2, 0) is 27.5 Å². The van der Waals surface area contributed by atoms with Crippen LogP contribution in [0.25, 0.3) is 0 Å². The number of benzene rings is 2. The number of likely N-dealkylation sites (tertiary alicyclic amines) is 1. The molecule has 0 aromatic heterocycles. The lowest BCUT2D eigenvalue weighted by atomic mass is 9.95. The number of hydrogen-bond acceptors (Lipinski definition) is 4. The molecule has 0 radical (unpaired) electrons. The maximum Gasteiger partial charge on any atom is 0.270 e.